The predicted molar refractivity (Wildman–Crippen MR) is 86.0 cm³/mol. The molecule has 20 heavy (non-hydrogen) atoms. The molecule has 0 atom stereocenters. The van der Waals surface area contributed by atoms with Crippen molar-refractivity contribution in [2.75, 3.05) is 5.32 Å². The summed E-state index contributed by atoms with van der Waals surface area (Å²) >= 11 is 12.5. The molecule has 0 aliphatic rings. The smallest absolute Gasteiger partial charge is 0.255 e. The van der Waals surface area contributed by atoms with Crippen LogP contribution in [0, 0.1) is 11.3 Å². The van der Waals surface area contributed by atoms with Gasteiger partial charge in [0.2, 0.25) is 0 Å². The zero-order chi connectivity index (χ0) is 14.7. The van der Waals surface area contributed by atoms with Crippen LogP contribution in [0.4, 0.5) is 5.69 Å². The molecule has 0 aliphatic heterocycles. The first kappa shape index (κ1) is 15.0. The first-order chi connectivity index (χ1) is 9.49. The molecule has 2 aromatic rings. The largest absolute Gasteiger partial charge is 0.321 e. The fourth-order valence-corrected chi connectivity index (χ4v) is 3.06. The molecule has 0 radical (unpaired) electrons. The van der Waals surface area contributed by atoms with Gasteiger partial charge in [-0.15, -0.1) is 0 Å². The molecule has 0 unspecified atom stereocenters. The van der Waals surface area contributed by atoms with Crippen LogP contribution in [0.5, 0.6) is 0 Å². The normalized spacial score (nSPS) is 9.90. The Morgan fingerprint density at radius 3 is 2.40 bits per heavy atom. The van der Waals surface area contributed by atoms with E-state index in [-0.39, 0.29) is 5.91 Å². The van der Waals surface area contributed by atoms with E-state index in [1.807, 2.05) is 12.1 Å². The van der Waals surface area contributed by atoms with Gasteiger partial charge in [0, 0.05) is 19.5 Å². The second-order valence-corrected chi connectivity index (χ2v) is 6.18. The second-order valence-electron chi connectivity index (χ2n) is 3.91. The Morgan fingerprint density at radius 1 is 1.15 bits per heavy atom. The fourth-order valence-electron chi connectivity index (χ4n) is 1.60. The maximum Gasteiger partial charge on any atom is 0.255 e. The van der Waals surface area contributed by atoms with Crippen LogP contribution in [-0.4, -0.2) is 5.91 Å². The number of nitriles is 1. The fraction of sp³-hybridized carbons (Fsp3) is 0. The highest BCUT2D eigenvalue weighted by atomic mass is 79.9. The molecule has 0 aromatic heterocycles. The molecule has 0 fully saturated rings. The lowest BCUT2D eigenvalue weighted by Crippen LogP contribution is -2.13. The molecule has 0 saturated carbocycles. The summed E-state index contributed by atoms with van der Waals surface area (Å²) < 4.78 is 1.56. The van der Waals surface area contributed by atoms with Gasteiger partial charge in [0.15, 0.2) is 0 Å². The standard InChI is InChI=1S/C14H7Br2ClN2O/c15-10-3-9(4-11(16)5-10)14(20)19-13-6-12(17)2-1-8(13)7-18/h1-6H,(H,19,20). The van der Waals surface area contributed by atoms with Crippen molar-refractivity contribution in [2.24, 2.45) is 0 Å². The van der Waals surface area contributed by atoms with Crippen LogP contribution >= 0.6 is 43.5 Å². The molecule has 2 rings (SSSR count). The second kappa shape index (κ2) is 6.40. The quantitative estimate of drug-likeness (QED) is 0.753. The number of benzene rings is 2. The number of hydrogen-bond donors (Lipinski definition) is 1. The zero-order valence-corrected chi connectivity index (χ0v) is 13.9. The molecule has 100 valence electrons. The highest BCUT2D eigenvalue weighted by Crippen LogP contribution is 2.23. The Hall–Kier alpha value is -1.35. The predicted octanol–water partition coefficient (Wildman–Crippen LogP) is 4.99. The first-order valence-corrected chi connectivity index (χ1v) is 7.43. The van der Waals surface area contributed by atoms with Crippen LogP contribution in [0.3, 0.4) is 0 Å². The molecule has 0 bridgehead atoms. The van der Waals surface area contributed by atoms with E-state index in [1.54, 1.807) is 30.3 Å². The summed E-state index contributed by atoms with van der Waals surface area (Å²) in [6, 6.07) is 11.9. The highest BCUT2D eigenvalue weighted by Gasteiger charge is 2.11. The van der Waals surface area contributed by atoms with Gasteiger partial charge in [-0.1, -0.05) is 43.5 Å². The topological polar surface area (TPSA) is 52.9 Å². The molecule has 3 nitrogen and oxygen atoms in total. The SMILES string of the molecule is N#Cc1ccc(Cl)cc1NC(=O)c1cc(Br)cc(Br)c1. The van der Waals surface area contributed by atoms with E-state index >= 15 is 0 Å². The summed E-state index contributed by atoms with van der Waals surface area (Å²) in [6.45, 7) is 0. The maximum atomic E-state index is 12.2. The molecular weight excluding hydrogens is 407 g/mol. The molecular formula is C14H7Br2ClN2O. The van der Waals surface area contributed by atoms with Gasteiger partial charge in [0.1, 0.15) is 6.07 Å². The minimum atomic E-state index is -0.314. The number of hydrogen-bond acceptors (Lipinski definition) is 2. The number of anilines is 1. The van der Waals surface area contributed by atoms with E-state index < -0.39 is 0 Å². The van der Waals surface area contributed by atoms with E-state index in [4.69, 9.17) is 16.9 Å². The minimum absolute atomic E-state index is 0.314. The van der Waals surface area contributed by atoms with E-state index in [1.165, 1.54) is 0 Å². The number of halogens is 3. The van der Waals surface area contributed by atoms with Crippen molar-refractivity contribution in [2.45, 2.75) is 0 Å². The molecule has 1 amide bonds. The zero-order valence-electron chi connectivity index (χ0n) is 9.95. The molecule has 0 saturated heterocycles. The van der Waals surface area contributed by atoms with Gasteiger partial charge < -0.3 is 5.32 Å². The number of carbonyl (C=O) groups is 1. The van der Waals surface area contributed by atoms with Gasteiger partial charge in [-0.2, -0.15) is 5.26 Å². The van der Waals surface area contributed by atoms with Crippen LogP contribution in [0.2, 0.25) is 5.02 Å². The molecule has 6 heteroatoms. The van der Waals surface area contributed by atoms with Crippen LogP contribution in [0.1, 0.15) is 15.9 Å². The van der Waals surface area contributed by atoms with Gasteiger partial charge in [0.25, 0.3) is 5.91 Å². The molecule has 0 aliphatic carbocycles. The van der Waals surface area contributed by atoms with Crippen molar-refractivity contribution < 1.29 is 4.79 Å². The van der Waals surface area contributed by atoms with Crippen LogP contribution < -0.4 is 5.32 Å². The summed E-state index contributed by atoms with van der Waals surface area (Å²) in [7, 11) is 0. The Kier molecular flexibility index (Phi) is 4.81. The highest BCUT2D eigenvalue weighted by molar-refractivity contribution is 9.11. The summed E-state index contributed by atoms with van der Waals surface area (Å²) in [5.41, 5.74) is 1.22. The van der Waals surface area contributed by atoms with Gasteiger partial charge >= 0.3 is 0 Å². The van der Waals surface area contributed by atoms with Crippen molar-refractivity contribution in [1.29, 1.82) is 5.26 Å². The minimum Gasteiger partial charge on any atom is -0.321 e. The maximum absolute atomic E-state index is 12.2. The number of nitrogens with one attached hydrogen (secondary N) is 1. The third-order valence-electron chi connectivity index (χ3n) is 2.48. The Morgan fingerprint density at radius 2 is 1.80 bits per heavy atom. The lowest BCUT2D eigenvalue weighted by Gasteiger charge is -2.08. The monoisotopic (exact) mass is 412 g/mol. The Labute approximate surface area is 137 Å². The van der Waals surface area contributed by atoms with E-state index in [9.17, 15) is 4.79 Å². The van der Waals surface area contributed by atoms with Crippen LogP contribution in [0.25, 0.3) is 0 Å². The van der Waals surface area contributed by atoms with Crippen molar-refractivity contribution in [3.05, 3.63) is 61.5 Å². The number of amides is 1. The van der Waals surface area contributed by atoms with E-state index in [2.05, 4.69) is 37.2 Å². The average Bonchev–Trinajstić information content (AvgIpc) is 2.37. The van der Waals surface area contributed by atoms with Crippen LogP contribution in [-0.2, 0) is 0 Å². The number of nitrogens with zero attached hydrogens (tertiary/aromatic N) is 1. The summed E-state index contributed by atoms with van der Waals surface area (Å²) in [5.74, 6) is -0.314. The summed E-state index contributed by atoms with van der Waals surface area (Å²) in [6.07, 6.45) is 0. The number of carbonyl (C=O) groups excluding carboxylic acids is 1. The lowest BCUT2D eigenvalue weighted by atomic mass is 10.1. The summed E-state index contributed by atoms with van der Waals surface area (Å²) in [4.78, 5) is 12.2. The Balaban J connectivity index is 2.32. The van der Waals surface area contributed by atoms with Gasteiger partial charge in [-0.25, -0.2) is 0 Å². The van der Waals surface area contributed by atoms with Crippen molar-refractivity contribution in [3.63, 3.8) is 0 Å². The van der Waals surface area contributed by atoms with E-state index in [0.29, 0.717) is 21.8 Å². The Bertz CT molecular complexity index is 705. The molecule has 0 heterocycles. The van der Waals surface area contributed by atoms with Crippen LogP contribution in [0.15, 0.2) is 45.3 Å². The molecule has 2 aromatic carbocycles. The van der Waals surface area contributed by atoms with E-state index in [0.717, 1.165) is 8.95 Å². The van der Waals surface area contributed by atoms with Gasteiger partial charge in [-0.05, 0) is 36.4 Å². The number of rotatable bonds is 2. The van der Waals surface area contributed by atoms with Crippen molar-refractivity contribution in [3.8, 4) is 6.07 Å². The molecule has 0 spiro atoms. The third-order valence-corrected chi connectivity index (χ3v) is 3.63. The van der Waals surface area contributed by atoms with Gasteiger partial charge in [0.05, 0.1) is 11.3 Å². The van der Waals surface area contributed by atoms with Crippen molar-refractivity contribution >= 4 is 55.1 Å². The van der Waals surface area contributed by atoms with Crippen molar-refractivity contribution in [1.82, 2.24) is 0 Å². The molecule has 1 N–H and O–H groups in total. The third kappa shape index (κ3) is 3.60. The van der Waals surface area contributed by atoms with Gasteiger partial charge in [-0.3, -0.25) is 4.79 Å². The summed E-state index contributed by atoms with van der Waals surface area (Å²) in [5, 5.41) is 12.2. The first-order valence-electron chi connectivity index (χ1n) is 5.46. The lowest BCUT2D eigenvalue weighted by molar-refractivity contribution is 0.102. The average molecular weight is 414 g/mol.